The Morgan fingerprint density at radius 2 is 2.00 bits per heavy atom. The minimum atomic E-state index is -0.323. The zero-order valence-electron chi connectivity index (χ0n) is 10.8. The maximum Gasteiger partial charge on any atom is 0.338 e. The van der Waals surface area contributed by atoms with Crippen LogP contribution in [0.15, 0.2) is 61.7 Å². The highest BCUT2D eigenvalue weighted by molar-refractivity contribution is 5.96. The van der Waals surface area contributed by atoms with Gasteiger partial charge in [0.15, 0.2) is 0 Å². The van der Waals surface area contributed by atoms with E-state index in [9.17, 15) is 4.79 Å². The number of allylic oxidation sites excluding steroid dienone is 1. The summed E-state index contributed by atoms with van der Waals surface area (Å²) < 4.78 is 5.03. The Morgan fingerprint density at radius 3 is 2.74 bits per heavy atom. The van der Waals surface area contributed by atoms with Crippen molar-refractivity contribution in [2.24, 2.45) is 0 Å². The van der Waals surface area contributed by atoms with Gasteiger partial charge >= 0.3 is 5.97 Å². The van der Waals surface area contributed by atoms with Crippen molar-refractivity contribution in [2.45, 2.75) is 6.42 Å². The van der Waals surface area contributed by atoms with Crippen LogP contribution >= 0.6 is 0 Å². The predicted molar refractivity (Wildman–Crippen MR) is 78.3 cm³/mol. The molecule has 0 atom stereocenters. The van der Waals surface area contributed by atoms with Crippen molar-refractivity contribution in [1.82, 2.24) is 0 Å². The molecular weight excluding hydrogens is 236 g/mol. The molecule has 0 saturated heterocycles. The van der Waals surface area contributed by atoms with Crippen LogP contribution in [0.25, 0.3) is 10.8 Å². The first kappa shape index (κ1) is 13.1. The second-order valence-corrected chi connectivity index (χ2v) is 4.23. The molecule has 0 fully saturated rings. The van der Waals surface area contributed by atoms with Gasteiger partial charge in [0.2, 0.25) is 0 Å². The third-order valence-electron chi connectivity index (χ3n) is 2.90. The highest BCUT2D eigenvalue weighted by atomic mass is 16.5. The Morgan fingerprint density at radius 1 is 1.16 bits per heavy atom. The first-order valence-electron chi connectivity index (χ1n) is 6.17. The Balaban J connectivity index is 2.38. The van der Waals surface area contributed by atoms with Gasteiger partial charge in [0.05, 0.1) is 5.56 Å². The maximum atomic E-state index is 11.8. The minimum absolute atomic E-state index is 0.230. The quantitative estimate of drug-likeness (QED) is 0.595. The van der Waals surface area contributed by atoms with Crippen molar-refractivity contribution in [1.29, 1.82) is 0 Å². The Labute approximate surface area is 113 Å². The molecule has 2 heteroatoms. The van der Waals surface area contributed by atoms with E-state index in [1.807, 2.05) is 30.3 Å². The minimum Gasteiger partial charge on any atom is -0.458 e. The summed E-state index contributed by atoms with van der Waals surface area (Å²) in [5, 5.41) is 2.18. The first-order chi connectivity index (χ1) is 9.26. The highest BCUT2D eigenvalue weighted by Crippen LogP contribution is 2.21. The van der Waals surface area contributed by atoms with Crippen LogP contribution in [0.5, 0.6) is 0 Å². The second-order valence-electron chi connectivity index (χ2n) is 4.23. The molecule has 0 radical (unpaired) electrons. The van der Waals surface area contributed by atoms with Crippen LogP contribution in [0, 0.1) is 0 Å². The summed E-state index contributed by atoms with van der Waals surface area (Å²) in [6.07, 6.45) is 4.25. The van der Waals surface area contributed by atoms with Crippen molar-refractivity contribution in [3.63, 3.8) is 0 Å². The van der Waals surface area contributed by atoms with Crippen LogP contribution in [0.4, 0.5) is 0 Å². The van der Waals surface area contributed by atoms with Gasteiger partial charge in [0, 0.05) is 0 Å². The summed E-state index contributed by atoms with van der Waals surface area (Å²) in [6, 6.07) is 11.7. The lowest BCUT2D eigenvalue weighted by Crippen LogP contribution is -2.04. The summed E-state index contributed by atoms with van der Waals surface area (Å²) in [7, 11) is 0. The van der Waals surface area contributed by atoms with E-state index in [0.717, 1.165) is 17.2 Å². The van der Waals surface area contributed by atoms with Crippen molar-refractivity contribution in [3.05, 3.63) is 72.8 Å². The first-order valence-corrected chi connectivity index (χ1v) is 6.17. The topological polar surface area (TPSA) is 26.3 Å². The summed E-state index contributed by atoms with van der Waals surface area (Å²) in [5.41, 5.74) is 1.77. The molecule has 0 heterocycles. The van der Waals surface area contributed by atoms with Crippen molar-refractivity contribution in [2.75, 3.05) is 6.61 Å². The number of carbonyl (C=O) groups is 1. The molecule has 2 aromatic rings. The van der Waals surface area contributed by atoms with Crippen molar-refractivity contribution < 1.29 is 9.53 Å². The third kappa shape index (κ3) is 2.91. The lowest BCUT2D eigenvalue weighted by atomic mass is 10.0. The van der Waals surface area contributed by atoms with Gasteiger partial charge < -0.3 is 4.74 Å². The summed E-state index contributed by atoms with van der Waals surface area (Å²) in [5.74, 6) is -0.323. The molecule has 19 heavy (non-hydrogen) atoms. The number of esters is 1. The van der Waals surface area contributed by atoms with E-state index in [0.29, 0.717) is 5.56 Å². The second kappa shape index (κ2) is 6.01. The van der Waals surface area contributed by atoms with Gasteiger partial charge in [-0.05, 0) is 34.9 Å². The summed E-state index contributed by atoms with van der Waals surface area (Å²) in [6.45, 7) is 7.51. The molecule has 0 aliphatic heterocycles. The molecule has 96 valence electrons. The van der Waals surface area contributed by atoms with E-state index >= 15 is 0 Å². The maximum absolute atomic E-state index is 11.8. The lowest BCUT2D eigenvalue weighted by molar-refractivity contribution is 0.0550. The van der Waals surface area contributed by atoms with Gasteiger partial charge in [0.1, 0.15) is 6.61 Å². The normalized spacial score (nSPS) is 10.1. The number of ether oxygens (including phenoxy) is 1. The molecule has 0 bridgehead atoms. The van der Waals surface area contributed by atoms with Crippen LogP contribution in [-0.2, 0) is 11.2 Å². The van der Waals surface area contributed by atoms with E-state index in [-0.39, 0.29) is 12.6 Å². The zero-order chi connectivity index (χ0) is 13.7. The zero-order valence-corrected chi connectivity index (χ0v) is 10.8. The largest absolute Gasteiger partial charge is 0.458 e. The molecule has 0 unspecified atom stereocenters. The Hall–Kier alpha value is -2.35. The molecule has 0 saturated carbocycles. The highest BCUT2D eigenvalue weighted by Gasteiger charge is 2.08. The van der Waals surface area contributed by atoms with Gasteiger partial charge in [0.25, 0.3) is 0 Å². The molecule has 0 spiro atoms. The molecular formula is C17H16O2. The third-order valence-corrected chi connectivity index (χ3v) is 2.90. The average Bonchev–Trinajstić information content (AvgIpc) is 2.45. The number of fused-ring (bicyclic) bond motifs is 1. The number of hydrogen-bond donors (Lipinski definition) is 0. The standard InChI is InChI=1S/C17H16O2/c1-3-6-13-7-5-8-14-12-15(9-10-16(13)14)17(18)19-11-4-2/h3-5,7-10,12H,1-2,6,11H2. The van der Waals surface area contributed by atoms with Crippen molar-refractivity contribution in [3.8, 4) is 0 Å². The average molecular weight is 252 g/mol. The van der Waals surface area contributed by atoms with Gasteiger partial charge in [-0.15, -0.1) is 6.58 Å². The van der Waals surface area contributed by atoms with Gasteiger partial charge in [-0.2, -0.15) is 0 Å². The number of hydrogen-bond acceptors (Lipinski definition) is 2. The molecule has 0 aromatic heterocycles. The summed E-state index contributed by atoms with van der Waals surface area (Å²) in [4.78, 5) is 11.8. The smallest absolute Gasteiger partial charge is 0.338 e. The van der Waals surface area contributed by atoms with Crippen LogP contribution in [0.2, 0.25) is 0 Å². The molecule has 0 aliphatic carbocycles. The number of benzene rings is 2. The molecule has 0 N–H and O–H groups in total. The Kier molecular flexibility index (Phi) is 4.14. The Bertz CT molecular complexity index is 626. The fourth-order valence-electron chi connectivity index (χ4n) is 2.03. The molecule has 2 rings (SSSR count). The van der Waals surface area contributed by atoms with E-state index < -0.39 is 0 Å². The van der Waals surface area contributed by atoms with Gasteiger partial charge in [-0.1, -0.05) is 43.0 Å². The SMILES string of the molecule is C=CCOC(=O)c1ccc2c(CC=C)cccc2c1. The fraction of sp³-hybridized carbons (Fsp3) is 0.118. The van der Waals surface area contributed by atoms with E-state index in [2.05, 4.69) is 19.2 Å². The fourth-order valence-corrected chi connectivity index (χ4v) is 2.03. The van der Waals surface area contributed by atoms with Gasteiger partial charge in [-0.25, -0.2) is 4.79 Å². The van der Waals surface area contributed by atoms with E-state index in [1.165, 1.54) is 5.56 Å². The van der Waals surface area contributed by atoms with E-state index in [1.54, 1.807) is 12.1 Å². The molecule has 0 aliphatic rings. The van der Waals surface area contributed by atoms with Crippen molar-refractivity contribution >= 4 is 16.7 Å². The van der Waals surface area contributed by atoms with Crippen LogP contribution in [-0.4, -0.2) is 12.6 Å². The molecule has 0 amide bonds. The summed E-state index contributed by atoms with van der Waals surface area (Å²) >= 11 is 0. The van der Waals surface area contributed by atoms with Crippen LogP contribution < -0.4 is 0 Å². The van der Waals surface area contributed by atoms with Crippen LogP contribution in [0.3, 0.4) is 0 Å². The molecule has 2 aromatic carbocycles. The number of carbonyl (C=O) groups excluding carboxylic acids is 1. The monoisotopic (exact) mass is 252 g/mol. The lowest BCUT2D eigenvalue weighted by Gasteiger charge is -2.07. The van der Waals surface area contributed by atoms with Crippen LogP contribution in [0.1, 0.15) is 15.9 Å². The predicted octanol–water partition coefficient (Wildman–Crippen LogP) is 3.91. The van der Waals surface area contributed by atoms with Gasteiger partial charge in [-0.3, -0.25) is 0 Å². The molecule has 2 nitrogen and oxygen atoms in total. The van der Waals surface area contributed by atoms with E-state index in [4.69, 9.17) is 4.74 Å². The number of rotatable bonds is 5.